The highest BCUT2D eigenvalue weighted by Crippen LogP contribution is 2.13. The summed E-state index contributed by atoms with van der Waals surface area (Å²) < 4.78 is 5.02. The minimum absolute atomic E-state index is 0.201. The fourth-order valence-corrected chi connectivity index (χ4v) is 0.935. The predicted octanol–water partition coefficient (Wildman–Crippen LogP) is 0.524. The largest absolute Gasteiger partial charge is 0.481 e. The fraction of sp³-hybridized carbons (Fsp3) is 0.714. The molecule has 0 aliphatic carbocycles. The molecule has 1 N–H and O–H groups in total. The zero-order valence-electron chi connectivity index (χ0n) is 6.57. The summed E-state index contributed by atoms with van der Waals surface area (Å²) in [6.07, 6.45) is 0. The zero-order chi connectivity index (χ0) is 8.43. The molecule has 0 fully saturated rings. The van der Waals surface area contributed by atoms with Gasteiger partial charge in [0.15, 0.2) is 5.90 Å². The van der Waals surface area contributed by atoms with Crippen LogP contribution in [0, 0.1) is 5.92 Å². The molecule has 0 radical (unpaired) electrons. The van der Waals surface area contributed by atoms with Crippen LogP contribution in [0.1, 0.15) is 13.8 Å². The number of hydrogen-bond donors (Lipinski definition) is 1. The van der Waals surface area contributed by atoms with Gasteiger partial charge in [-0.2, -0.15) is 0 Å². The Balaban J connectivity index is 2.56. The topological polar surface area (TPSA) is 58.9 Å². The molecule has 0 saturated carbocycles. The second kappa shape index (κ2) is 2.90. The Bertz CT molecular complexity index is 200. The molecule has 1 heterocycles. The van der Waals surface area contributed by atoms with Crippen molar-refractivity contribution in [1.29, 1.82) is 0 Å². The van der Waals surface area contributed by atoms with Crippen molar-refractivity contribution >= 4 is 11.9 Å². The molecule has 0 aromatic heterocycles. The lowest BCUT2D eigenvalue weighted by atomic mass is 10.0. The number of aliphatic imine (C=N–C) groups is 1. The first-order chi connectivity index (χ1) is 5.11. The summed E-state index contributed by atoms with van der Waals surface area (Å²) in [4.78, 5) is 14.5. The van der Waals surface area contributed by atoms with Gasteiger partial charge in [-0.15, -0.1) is 0 Å². The third-order valence-electron chi connectivity index (χ3n) is 1.78. The first kappa shape index (κ1) is 8.04. The monoisotopic (exact) mass is 157 g/mol. The van der Waals surface area contributed by atoms with E-state index >= 15 is 0 Å². The molecule has 1 rings (SSSR count). The molecular weight excluding hydrogens is 146 g/mol. The summed E-state index contributed by atoms with van der Waals surface area (Å²) in [6.45, 7) is 3.77. The molecular formula is C7H11NO3. The standard InChI is InChI=1S/C7H11NO3/c1-4(7(9)10)6-3-11-5(2)8-6/h4,6H,3H2,1-2H3,(H,9,10). The Kier molecular flexibility index (Phi) is 2.12. The lowest BCUT2D eigenvalue weighted by molar-refractivity contribution is -0.141. The third kappa shape index (κ3) is 1.69. The van der Waals surface area contributed by atoms with Crippen LogP contribution in [-0.2, 0) is 9.53 Å². The molecule has 62 valence electrons. The van der Waals surface area contributed by atoms with Gasteiger partial charge in [0.05, 0.1) is 5.92 Å². The van der Waals surface area contributed by atoms with Gasteiger partial charge in [0.1, 0.15) is 12.6 Å². The van der Waals surface area contributed by atoms with E-state index in [1.807, 2.05) is 0 Å². The molecule has 0 spiro atoms. The number of aliphatic carboxylic acids is 1. The van der Waals surface area contributed by atoms with E-state index < -0.39 is 11.9 Å². The van der Waals surface area contributed by atoms with Crippen LogP contribution in [0.3, 0.4) is 0 Å². The minimum Gasteiger partial charge on any atom is -0.481 e. The van der Waals surface area contributed by atoms with E-state index in [1.54, 1.807) is 13.8 Å². The summed E-state index contributed by atoms with van der Waals surface area (Å²) in [5.74, 6) is -0.687. The maximum Gasteiger partial charge on any atom is 0.308 e. The van der Waals surface area contributed by atoms with Gasteiger partial charge in [-0.1, -0.05) is 0 Å². The van der Waals surface area contributed by atoms with Crippen LogP contribution in [-0.4, -0.2) is 29.6 Å². The first-order valence-electron chi connectivity index (χ1n) is 3.51. The van der Waals surface area contributed by atoms with Crippen LogP contribution in [0.2, 0.25) is 0 Å². The van der Waals surface area contributed by atoms with Crippen molar-refractivity contribution in [2.75, 3.05) is 6.61 Å². The first-order valence-corrected chi connectivity index (χ1v) is 3.51. The van der Waals surface area contributed by atoms with Crippen LogP contribution in [0.15, 0.2) is 4.99 Å². The fourth-order valence-electron chi connectivity index (χ4n) is 0.935. The van der Waals surface area contributed by atoms with Crippen LogP contribution >= 0.6 is 0 Å². The van der Waals surface area contributed by atoms with Crippen molar-refractivity contribution in [2.45, 2.75) is 19.9 Å². The molecule has 0 saturated heterocycles. The van der Waals surface area contributed by atoms with Crippen LogP contribution in [0.5, 0.6) is 0 Å². The second-order valence-corrected chi connectivity index (χ2v) is 2.65. The number of hydrogen-bond acceptors (Lipinski definition) is 3. The Hall–Kier alpha value is -1.06. The van der Waals surface area contributed by atoms with Crippen molar-refractivity contribution in [3.63, 3.8) is 0 Å². The van der Waals surface area contributed by atoms with E-state index in [0.717, 1.165) is 0 Å². The minimum atomic E-state index is -0.822. The molecule has 4 heteroatoms. The maximum atomic E-state index is 10.5. The predicted molar refractivity (Wildman–Crippen MR) is 39.6 cm³/mol. The van der Waals surface area contributed by atoms with E-state index in [4.69, 9.17) is 9.84 Å². The smallest absolute Gasteiger partial charge is 0.308 e. The van der Waals surface area contributed by atoms with Gasteiger partial charge in [-0.05, 0) is 6.92 Å². The van der Waals surface area contributed by atoms with E-state index in [9.17, 15) is 4.79 Å². The molecule has 1 aliphatic heterocycles. The SMILES string of the molecule is CC1=NC(C(C)C(=O)O)CO1. The molecule has 11 heavy (non-hydrogen) atoms. The number of carbonyl (C=O) groups is 1. The van der Waals surface area contributed by atoms with Crippen molar-refractivity contribution in [3.05, 3.63) is 0 Å². The Morgan fingerprint density at radius 2 is 2.55 bits per heavy atom. The van der Waals surface area contributed by atoms with Gasteiger partial charge in [0, 0.05) is 6.92 Å². The average molecular weight is 157 g/mol. The Morgan fingerprint density at radius 3 is 2.91 bits per heavy atom. The number of rotatable bonds is 2. The summed E-state index contributed by atoms with van der Waals surface area (Å²) in [5.41, 5.74) is 0. The van der Waals surface area contributed by atoms with Crippen molar-refractivity contribution in [1.82, 2.24) is 0 Å². The second-order valence-electron chi connectivity index (χ2n) is 2.65. The molecule has 2 atom stereocenters. The Labute approximate surface area is 64.9 Å². The van der Waals surface area contributed by atoms with Gasteiger partial charge in [0.2, 0.25) is 0 Å². The van der Waals surface area contributed by atoms with Gasteiger partial charge >= 0.3 is 5.97 Å². The van der Waals surface area contributed by atoms with Crippen LogP contribution in [0.25, 0.3) is 0 Å². The van der Waals surface area contributed by atoms with Crippen molar-refractivity contribution in [3.8, 4) is 0 Å². The zero-order valence-corrected chi connectivity index (χ0v) is 6.57. The molecule has 0 amide bonds. The van der Waals surface area contributed by atoms with E-state index in [1.165, 1.54) is 0 Å². The quantitative estimate of drug-likeness (QED) is 0.635. The van der Waals surface area contributed by atoms with Gasteiger partial charge in [-0.25, -0.2) is 4.99 Å². The molecule has 0 aromatic rings. The number of nitrogens with zero attached hydrogens (tertiary/aromatic N) is 1. The van der Waals surface area contributed by atoms with E-state index in [-0.39, 0.29) is 6.04 Å². The molecule has 0 aromatic carbocycles. The summed E-state index contributed by atoms with van der Waals surface area (Å²) in [5, 5.41) is 8.60. The van der Waals surface area contributed by atoms with Crippen LogP contribution in [0.4, 0.5) is 0 Å². The van der Waals surface area contributed by atoms with E-state index in [0.29, 0.717) is 12.5 Å². The average Bonchev–Trinajstić information content (AvgIpc) is 2.34. The highest BCUT2D eigenvalue weighted by atomic mass is 16.5. The summed E-state index contributed by atoms with van der Waals surface area (Å²) >= 11 is 0. The number of carboxylic acid groups (broad SMARTS) is 1. The number of carboxylic acids is 1. The Morgan fingerprint density at radius 1 is 1.91 bits per heavy atom. The lowest BCUT2D eigenvalue weighted by Crippen LogP contribution is -2.24. The molecule has 0 bridgehead atoms. The normalized spacial score (nSPS) is 25.6. The lowest BCUT2D eigenvalue weighted by Gasteiger charge is -2.08. The highest BCUT2D eigenvalue weighted by molar-refractivity contribution is 5.77. The van der Waals surface area contributed by atoms with Gasteiger partial charge in [0.25, 0.3) is 0 Å². The van der Waals surface area contributed by atoms with Gasteiger partial charge < -0.3 is 9.84 Å². The molecule has 1 aliphatic rings. The van der Waals surface area contributed by atoms with Crippen molar-refractivity contribution < 1.29 is 14.6 Å². The summed E-state index contributed by atoms with van der Waals surface area (Å²) in [7, 11) is 0. The summed E-state index contributed by atoms with van der Waals surface area (Å²) in [6, 6.07) is -0.201. The maximum absolute atomic E-state index is 10.5. The molecule has 2 unspecified atom stereocenters. The van der Waals surface area contributed by atoms with Crippen LogP contribution < -0.4 is 0 Å². The van der Waals surface area contributed by atoms with E-state index in [2.05, 4.69) is 4.99 Å². The molecule has 4 nitrogen and oxygen atoms in total. The number of ether oxygens (including phenoxy) is 1. The third-order valence-corrected chi connectivity index (χ3v) is 1.78. The highest BCUT2D eigenvalue weighted by Gasteiger charge is 2.27. The van der Waals surface area contributed by atoms with Crippen molar-refractivity contribution in [2.24, 2.45) is 10.9 Å². The van der Waals surface area contributed by atoms with Gasteiger partial charge in [-0.3, -0.25) is 4.79 Å².